The van der Waals surface area contributed by atoms with Gasteiger partial charge in [-0.1, -0.05) is 54.6 Å². The molecule has 0 saturated heterocycles. The third-order valence-corrected chi connectivity index (χ3v) is 3.87. The first kappa shape index (κ1) is 16.2. The van der Waals surface area contributed by atoms with Gasteiger partial charge >= 0.3 is 5.97 Å². The molecule has 0 fully saturated rings. The van der Waals surface area contributed by atoms with Crippen molar-refractivity contribution < 1.29 is 9.90 Å². The molecule has 0 heterocycles. The summed E-state index contributed by atoms with van der Waals surface area (Å²) < 4.78 is 0. The van der Waals surface area contributed by atoms with Gasteiger partial charge in [0.15, 0.2) is 0 Å². The van der Waals surface area contributed by atoms with Crippen molar-refractivity contribution in [1.29, 1.82) is 0 Å². The lowest BCUT2D eigenvalue weighted by atomic mass is 10.0. The van der Waals surface area contributed by atoms with Crippen LogP contribution in [0.2, 0.25) is 0 Å². The van der Waals surface area contributed by atoms with E-state index in [1.165, 1.54) is 16.7 Å². The van der Waals surface area contributed by atoms with Gasteiger partial charge < -0.3 is 10.4 Å². The number of carboxylic acid groups (broad SMARTS) is 1. The molecule has 1 atom stereocenters. The number of rotatable bonds is 8. The molecule has 1 unspecified atom stereocenters. The summed E-state index contributed by atoms with van der Waals surface area (Å²) >= 11 is 0. The number of hydrogen-bond acceptors (Lipinski definition) is 2. The van der Waals surface area contributed by atoms with Crippen molar-refractivity contribution >= 4 is 5.97 Å². The van der Waals surface area contributed by atoms with Gasteiger partial charge in [-0.25, -0.2) is 0 Å². The van der Waals surface area contributed by atoms with E-state index in [-0.39, 0.29) is 12.5 Å². The van der Waals surface area contributed by atoms with Crippen molar-refractivity contribution in [2.24, 2.45) is 0 Å². The van der Waals surface area contributed by atoms with E-state index in [2.05, 4.69) is 36.5 Å². The minimum atomic E-state index is -0.740. The average Bonchev–Trinajstić information content (AvgIpc) is 2.52. The molecule has 22 heavy (non-hydrogen) atoms. The highest BCUT2D eigenvalue weighted by Crippen LogP contribution is 2.11. The molecule has 2 N–H and O–H groups in total. The molecule has 2 aromatic rings. The predicted octanol–water partition coefficient (Wildman–Crippen LogP) is 3.56. The molecule has 3 heteroatoms. The van der Waals surface area contributed by atoms with E-state index in [9.17, 15) is 4.79 Å². The van der Waals surface area contributed by atoms with Gasteiger partial charge in [-0.3, -0.25) is 4.79 Å². The Morgan fingerprint density at radius 1 is 1.09 bits per heavy atom. The Morgan fingerprint density at radius 2 is 1.77 bits per heavy atom. The third kappa shape index (κ3) is 5.34. The molecule has 0 radical (unpaired) electrons. The van der Waals surface area contributed by atoms with Gasteiger partial charge in [-0.05, 0) is 36.5 Å². The smallest absolute Gasteiger partial charge is 0.303 e. The van der Waals surface area contributed by atoms with Crippen molar-refractivity contribution in [2.45, 2.75) is 38.8 Å². The molecule has 0 aliphatic heterocycles. The Balaban J connectivity index is 1.98. The van der Waals surface area contributed by atoms with Gasteiger partial charge in [-0.2, -0.15) is 0 Å². The van der Waals surface area contributed by atoms with Crippen LogP contribution >= 0.6 is 0 Å². The lowest BCUT2D eigenvalue weighted by Gasteiger charge is -2.19. The second-order valence-corrected chi connectivity index (χ2v) is 5.63. The van der Waals surface area contributed by atoms with Crippen LogP contribution in [0.4, 0.5) is 0 Å². The van der Waals surface area contributed by atoms with Gasteiger partial charge in [-0.15, -0.1) is 0 Å². The van der Waals surface area contributed by atoms with Crippen LogP contribution in [-0.4, -0.2) is 17.1 Å². The average molecular weight is 297 g/mol. The zero-order chi connectivity index (χ0) is 15.8. The maximum Gasteiger partial charge on any atom is 0.303 e. The maximum absolute atomic E-state index is 10.9. The first-order valence-electron chi connectivity index (χ1n) is 7.69. The minimum Gasteiger partial charge on any atom is -0.481 e. The SMILES string of the molecule is Cc1ccccc1CNC(CCC(=O)O)Cc1ccccc1. The zero-order valence-corrected chi connectivity index (χ0v) is 13.0. The Bertz CT molecular complexity index is 595. The highest BCUT2D eigenvalue weighted by atomic mass is 16.4. The van der Waals surface area contributed by atoms with Crippen LogP contribution in [0.3, 0.4) is 0 Å². The van der Waals surface area contributed by atoms with Crippen molar-refractivity contribution in [2.75, 3.05) is 0 Å². The van der Waals surface area contributed by atoms with E-state index in [4.69, 9.17) is 5.11 Å². The van der Waals surface area contributed by atoms with Gasteiger partial charge in [0.25, 0.3) is 0 Å². The Hall–Kier alpha value is -2.13. The van der Waals surface area contributed by atoms with Crippen molar-refractivity contribution in [3.63, 3.8) is 0 Å². The number of aryl methyl sites for hydroxylation is 1. The van der Waals surface area contributed by atoms with Gasteiger partial charge in [0.2, 0.25) is 0 Å². The second kappa shape index (κ2) is 8.35. The molecule has 0 aromatic heterocycles. The molecule has 2 rings (SSSR count). The molecule has 0 bridgehead atoms. The summed E-state index contributed by atoms with van der Waals surface area (Å²) in [7, 11) is 0. The number of carboxylic acids is 1. The van der Waals surface area contributed by atoms with Crippen LogP contribution in [0.15, 0.2) is 54.6 Å². The van der Waals surface area contributed by atoms with E-state index < -0.39 is 5.97 Å². The molecular formula is C19H23NO2. The first-order chi connectivity index (χ1) is 10.6. The van der Waals surface area contributed by atoms with Gasteiger partial charge in [0.05, 0.1) is 0 Å². The normalized spacial score (nSPS) is 12.0. The summed E-state index contributed by atoms with van der Waals surface area (Å²) in [6.07, 6.45) is 1.67. The minimum absolute atomic E-state index is 0.165. The summed E-state index contributed by atoms with van der Waals surface area (Å²) in [5.74, 6) is -0.740. The van der Waals surface area contributed by atoms with E-state index in [1.54, 1.807) is 0 Å². The van der Waals surface area contributed by atoms with Crippen LogP contribution in [0.25, 0.3) is 0 Å². The lowest BCUT2D eigenvalue weighted by molar-refractivity contribution is -0.137. The summed E-state index contributed by atoms with van der Waals surface area (Å²) in [5, 5.41) is 12.4. The standard InChI is InChI=1S/C19H23NO2/c1-15-7-5-6-10-17(15)14-20-18(11-12-19(21)22)13-16-8-3-2-4-9-16/h2-10,18,20H,11-14H2,1H3,(H,21,22). The fourth-order valence-electron chi connectivity index (χ4n) is 2.54. The van der Waals surface area contributed by atoms with Crippen LogP contribution in [0, 0.1) is 6.92 Å². The number of hydrogen-bond donors (Lipinski definition) is 2. The van der Waals surface area contributed by atoms with Gasteiger partial charge in [0.1, 0.15) is 0 Å². The van der Waals surface area contributed by atoms with Crippen molar-refractivity contribution in [3.05, 3.63) is 71.3 Å². The second-order valence-electron chi connectivity index (χ2n) is 5.63. The van der Waals surface area contributed by atoms with Crippen LogP contribution in [0.1, 0.15) is 29.5 Å². The van der Waals surface area contributed by atoms with E-state index >= 15 is 0 Å². The van der Waals surface area contributed by atoms with Gasteiger partial charge in [0, 0.05) is 19.0 Å². The number of benzene rings is 2. The zero-order valence-electron chi connectivity index (χ0n) is 13.0. The molecule has 0 aliphatic carbocycles. The molecule has 2 aromatic carbocycles. The molecule has 0 saturated carbocycles. The molecule has 116 valence electrons. The Labute approximate surface area is 132 Å². The fraction of sp³-hybridized carbons (Fsp3) is 0.316. The molecule has 0 spiro atoms. The predicted molar refractivity (Wildman–Crippen MR) is 88.8 cm³/mol. The number of nitrogens with one attached hydrogen (secondary N) is 1. The molecular weight excluding hydrogens is 274 g/mol. The highest BCUT2D eigenvalue weighted by Gasteiger charge is 2.12. The van der Waals surface area contributed by atoms with Crippen LogP contribution < -0.4 is 5.32 Å². The molecule has 0 aliphatic rings. The summed E-state index contributed by atoms with van der Waals surface area (Å²) in [6.45, 7) is 2.87. The monoisotopic (exact) mass is 297 g/mol. The van der Waals surface area contributed by atoms with Crippen molar-refractivity contribution in [1.82, 2.24) is 5.32 Å². The van der Waals surface area contributed by atoms with Crippen LogP contribution in [-0.2, 0) is 17.8 Å². The largest absolute Gasteiger partial charge is 0.481 e. The maximum atomic E-state index is 10.9. The first-order valence-corrected chi connectivity index (χ1v) is 7.69. The van der Waals surface area contributed by atoms with Crippen LogP contribution in [0.5, 0.6) is 0 Å². The number of carbonyl (C=O) groups is 1. The molecule has 3 nitrogen and oxygen atoms in total. The highest BCUT2D eigenvalue weighted by molar-refractivity contribution is 5.66. The molecule has 0 amide bonds. The summed E-state index contributed by atoms with van der Waals surface area (Å²) in [5.41, 5.74) is 3.75. The Kier molecular flexibility index (Phi) is 6.16. The van der Waals surface area contributed by atoms with Crippen molar-refractivity contribution in [3.8, 4) is 0 Å². The summed E-state index contributed by atoms with van der Waals surface area (Å²) in [6, 6.07) is 18.6. The van der Waals surface area contributed by atoms with E-state index in [1.807, 2.05) is 30.3 Å². The Morgan fingerprint density at radius 3 is 2.45 bits per heavy atom. The topological polar surface area (TPSA) is 49.3 Å². The third-order valence-electron chi connectivity index (χ3n) is 3.87. The summed E-state index contributed by atoms with van der Waals surface area (Å²) in [4.78, 5) is 10.9. The fourth-order valence-corrected chi connectivity index (χ4v) is 2.54. The quantitative estimate of drug-likeness (QED) is 0.783. The number of aliphatic carboxylic acids is 1. The lowest BCUT2D eigenvalue weighted by Crippen LogP contribution is -2.31. The van der Waals surface area contributed by atoms with E-state index in [0.29, 0.717) is 6.42 Å². The van der Waals surface area contributed by atoms with E-state index in [0.717, 1.165) is 13.0 Å².